The number of fused-ring (bicyclic) bond motifs is 1. The van der Waals surface area contributed by atoms with Crippen molar-refractivity contribution in [3.63, 3.8) is 0 Å². The minimum Gasteiger partial charge on any atom is -0.368 e. The zero-order valence-electron chi connectivity index (χ0n) is 19.1. The van der Waals surface area contributed by atoms with Gasteiger partial charge < -0.3 is 14.7 Å². The highest BCUT2D eigenvalue weighted by molar-refractivity contribution is 6.01. The van der Waals surface area contributed by atoms with Crippen LogP contribution < -0.4 is 4.90 Å². The van der Waals surface area contributed by atoms with Crippen molar-refractivity contribution in [2.75, 3.05) is 31.1 Å². The van der Waals surface area contributed by atoms with Gasteiger partial charge in [-0.3, -0.25) is 9.59 Å². The Kier molecular flexibility index (Phi) is 6.03. The molecule has 0 radical (unpaired) electrons. The maximum absolute atomic E-state index is 13.6. The van der Waals surface area contributed by atoms with Crippen LogP contribution in [0, 0.1) is 19.8 Å². The Morgan fingerprint density at radius 2 is 1.68 bits per heavy atom. The first kappa shape index (κ1) is 21.4. The first-order valence-electron chi connectivity index (χ1n) is 11.4. The molecule has 0 aliphatic carbocycles. The van der Waals surface area contributed by atoms with Crippen molar-refractivity contribution in [1.82, 2.24) is 9.80 Å². The molecule has 4 rings (SSSR count). The Bertz CT molecular complexity index is 976. The van der Waals surface area contributed by atoms with Crippen molar-refractivity contribution < 1.29 is 9.59 Å². The van der Waals surface area contributed by atoms with Crippen LogP contribution in [-0.4, -0.2) is 53.8 Å². The van der Waals surface area contributed by atoms with E-state index in [1.807, 2.05) is 29.2 Å². The molecule has 5 heteroatoms. The number of hydrogen-bond donors (Lipinski definition) is 0. The van der Waals surface area contributed by atoms with E-state index in [4.69, 9.17) is 0 Å². The largest absolute Gasteiger partial charge is 0.368 e. The zero-order valence-corrected chi connectivity index (χ0v) is 19.1. The van der Waals surface area contributed by atoms with Gasteiger partial charge in [0.25, 0.3) is 5.91 Å². The minimum atomic E-state index is -0.396. The molecule has 1 unspecified atom stereocenters. The van der Waals surface area contributed by atoms with Crippen LogP contribution in [0.3, 0.4) is 0 Å². The van der Waals surface area contributed by atoms with Gasteiger partial charge in [0.2, 0.25) is 5.91 Å². The molecule has 1 atom stereocenters. The highest BCUT2D eigenvalue weighted by Gasteiger charge is 2.39. The van der Waals surface area contributed by atoms with Gasteiger partial charge in [-0.15, -0.1) is 0 Å². The number of rotatable bonds is 5. The number of aryl methyl sites for hydroxylation is 1. The Hall–Kier alpha value is -2.82. The number of benzene rings is 2. The van der Waals surface area contributed by atoms with Gasteiger partial charge in [-0.1, -0.05) is 44.2 Å². The zero-order chi connectivity index (χ0) is 22.1. The molecule has 0 saturated carbocycles. The molecule has 164 valence electrons. The van der Waals surface area contributed by atoms with E-state index in [-0.39, 0.29) is 11.8 Å². The van der Waals surface area contributed by atoms with Gasteiger partial charge in [0.05, 0.1) is 0 Å². The molecule has 31 heavy (non-hydrogen) atoms. The SMILES string of the molecule is Cc1cccc(N2CCN(C(=O)C(CC(C)C)N3Cc4ccccc4C3=O)CC2)c1C. The molecule has 5 nitrogen and oxygen atoms in total. The molecular formula is C26H33N3O2. The fourth-order valence-corrected chi connectivity index (χ4v) is 4.79. The third-order valence-electron chi connectivity index (χ3n) is 6.71. The maximum Gasteiger partial charge on any atom is 0.255 e. The number of anilines is 1. The van der Waals surface area contributed by atoms with Gasteiger partial charge in [-0.25, -0.2) is 0 Å². The Morgan fingerprint density at radius 1 is 0.968 bits per heavy atom. The third kappa shape index (κ3) is 4.18. The molecule has 1 saturated heterocycles. The van der Waals surface area contributed by atoms with Crippen molar-refractivity contribution in [1.29, 1.82) is 0 Å². The van der Waals surface area contributed by atoms with Crippen LogP contribution in [0.25, 0.3) is 0 Å². The lowest BCUT2D eigenvalue weighted by Gasteiger charge is -2.40. The molecule has 0 bridgehead atoms. The molecule has 2 aliphatic rings. The Morgan fingerprint density at radius 3 is 2.35 bits per heavy atom. The van der Waals surface area contributed by atoms with Crippen LogP contribution >= 0.6 is 0 Å². The van der Waals surface area contributed by atoms with Crippen molar-refractivity contribution >= 4 is 17.5 Å². The topological polar surface area (TPSA) is 43.9 Å². The normalized spacial score (nSPS) is 17.3. The number of amides is 2. The number of carbonyl (C=O) groups is 2. The lowest BCUT2D eigenvalue weighted by atomic mass is 10.0. The van der Waals surface area contributed by atoms with Gasteiger partial charge >= 0.3 is 0 Å². The van der Waals surface area contributed by atoms with Crippen LogP contribution in [0.15, 0.2) is 42.5 Å². The molecule has 0 spiro atoms. The van der Waals surface area contributed by atoms with Crippen molar-refractivity contribution in [2.45, 2.75) is 46.7 Å². The second kappa shape index (κ2) is 8.74. The van der Waals surface area contributed by atoms with E-state index in [2.05, 4.69) is 50.8 Å². The molecule has 2 heterocycles. The van der Waals surface area contributed by atoms with E-state index in [1.54, 1.807) is 4.90 Å². The summed E-state index contributed by atoms with van der Waals surface area (Å²) >= 11 is 0. The standard InChI is InChI=1S/C26H33N3O2/c1-18(2)16-24(29-17-21-9-5-6-10-22(21)25(29)30)26(31)28-14-12-27(13-15-28)23-11-7-8-19(3)20(23)4/h5-11,18,24H,12-17H2,1-4H3. The Labute approximate surface area is 185 Å². The van der Waals surface area contributed by atoms with E-state index in [9.17, 15) is 9.59 Å². The summed E-state index contributed by atoms with van der Waals surface area (Å²) in [5, 5.41) is 0. The van der Waals surface area contributed by atoms with Crippen molar-refractivity contribution in [3.05, 3.63) is 64.7 Å². The molecule has 1 fully saturated rings. The molecule has 2 aromatic carbocycles. The van der Waals surface area contributed by atoms with E-state index >= 15 is 0 Å². The summed E-state index contributed by atoms with van der Waals surface area (Å²) in [6.07, 6.45) is 0.690. The van der Waals surface area contributed by atoms with Gasteiger partial charge in [0.15, 0.2) is 0 Å². The fourth-order valence-electron chi connectivity index (χ4n) is 4.79. The summed E-state index contributed by atoms with van der Waals surface area (Å²) in [6, 6.07) is 13.7. The van der Waals surface area contributed by atoms with Crippen molar-refractivity contribution in [2.24, 2.45) is 5.92 Å². The van der Waals surface area contributed by atoms with Crippen LogP contribution in [-0.2, 0) is 11.3 Å². The molecule has 2 amide bonds. The maximum atomic E-state index is 13.6. The molecule has 2 aromatic rings. The lowest BCUT2D eigenvalue weighted by molar-refractivity contribution is -0.137. The predicted octanol–water partition coefficient (Wildman–Crippen LogP) is 4.02. The summed E-state index contributed by atoms with van der Waals surface area (Å²) in [7, 11) is 0. The first-order chi connectivity index (χ1) is 14.9. The summed E-state index contributed by atoms with van der Waals surface area (Å²) < 4.78 is 0. The minimum absolute atomic E-state index is 0.0105. The number of nitrogens with zero attached hydrogens (tertiary/aromatic N) is 3. The van der Waals surface area contributed by atoms with E-state index in [1.165, 1.54) is 16.8 Å². The van der Waals surface area contributed by atoms with Crippen molar-refractivity contribution in [3.8, 4) is 0 Å². The lowest BCUT2D eigenvalue weighted by Crippen LogP contribution is -2.55. The molecule has 2 aliphatic heterocycles. The van der Waals surface area contributed by atoms with Crippen LogP contribution in [0.2, 0.25) is 0 Å². The van der Waals surface area contributed by atoms with E-state index in [0.29, 0.717) is 32.0 Å². The number of carbonyl (C=O) groups excluding carboxylic acids is 2. The smallest absolute Gasteiger partial charge is 0.255 e. The summed E-state index contributed by atoms with van der Waals surface area (Å²) in [5.41, 5.74) is 5.62. The molecular weight excluding hydrogens is 386 g/mol. The fraction of sp³-hybridized carbons (Fsp3) is 0.462. The van der Waals surface area contributed by atoms with Crippen LogP contribution in [0.1, 0.15) is 47.3 Å². The Balaban J connectivity index is 1.48. The predicted molar refractivity (Wildman–Crippen MR) is 124 cm³/mol. The second-order valence-corrected chi connectivity index (χ2v) is 9.27. The molecule has 0 N–H and O–H groups in total. The molecule has 0 aromatic heterocycles. The highest BCUT2D eigenvalue weighted by atomic mass is 16.2. The first-order valence-corrected chi connectivity index (χ1v) is 11.4. The van der Waals surface area contributed by atoms with Gasteiger partial charge in [0, 0.05) is 44.0 Å². The van der Waals surface area contributed by atoms with Gasteiger partial charge in [-0.05, 0) is 55.0 Å². The van der Waals surface area contributed by atoms with Crippen LogP contribution in [0.4, 0.5) is 5.69 Å². The van der Waals surface area contributed by atoms with Gasteiger partial charge in [-0.2, -0.15) is 0 Å². The van der Waals surface area contributed by atoms with Gasteiger partial charge in [0.1, 0.15) is 6.04 Å². The average Bonchev–Trinajstić information content (AvgIpc) is 3.10. The quantitative estimate of drug-likeness (QED) is 0.735. The summed E-state index contributed by atoms with van der Waals surface area (Å²) in [6.45, 7) is 12.1. The summed E-state index contributed by atoms with van der Waals surface area (Å²) in [4.78, 5) is 32.8. The van der Waals surface area contributed by atoms with Crippen LogP contribution in [0.5, 0.6) is 0 Å². The summed E-state index contributed by atoms with van der Waals surface area (Å²) in [5.74, 6) is 0.417. The van der Waals surface area contributed by atoms with E-state index in [0.717, 1.165) is 24.2 Å². The monoisotopic (exact) mass is 419 g/mol. The highest BCUT2D eigenvalue weighted by Crippen LogP contribution is 2.29. The van der Waals surface area contributed by atoms with E-state index < -0.39 is 6.04 Å². The third-order valence-corrected chi connectivity index (χ3v) is 6.71. The second-order valence-electron chi connectivity index (χ2n) is 9.27. The average molecular weight is 420 g/mol. The number of piperazine rings is 1. The number of hydrogen-bond acceptors (Lipinski definition) is 3.